The molecule has 3 aromatic heterocycles. The van der Waals surface area contributed by atoms with Crippen LogP contribution < -0.4 is 5.32 Å². The van der Waals surface area contributed by atoms with E-state index in [4.69, 9.17) is 16.0 Å². The van der Waals surface area contributed by atoms with Crippen LogP contribution in [0.3, 0.4) is 0 Å². The van der Waals surface area contributed by atoms with Gasteiger partial charge in [0.25, 0.3) is 18.8 Å². The zero-order valence-electron chi connectivity index (χ0n) is 16.8. The predicted molar refractivity (Wildman–Crippen MR) is 111 cm³/mol. The van der Waals surface area contributed by atoms with Crippen LogP contribution in [0.2, 0.25) is 5.02 Å². The Balaban J connectivity index is 1.47. The normalized spacial score (nSPS) is 11.5. The van der Waals surface area contributed by atoms with Crippen LogP contribution >= 0.6 is 11.6 Å². The molecule has 12 heteroatoms. The minimum absolute atomic E-state index is 0.0643. The number of amides is 1. The van der Waals surface area contributed by atoms with E-state index >= 15 is 0 Å². The standard InChI is InChI=1S/C21H16ClF4N5O2/c22-16-17(19(23)24)29-31(18(16)20(25)26)11-14-5-6-15(33-14)21(32)28-13-4-1-3-12(9-13)10-30-8-2-7-27-30/h1-9,19-20H,10-11H2,(H,28,32). The third kappa shape index (κ3) is 5.08. The van der Waals surface area contributed by atoms with Gasteiger partial charge in [0, 0.05) is 18.1 Å². The Labute approximate surface area is 189 Å². The fourth-order valence-corrected chi connectivity index (χ4v) is 3.49. The van der Waals surface area contributed by atoms with Gasteiger partial charge in [-0.3, -0.25) is 14.2 Å². The Bertz CT molecular complexity index is 1250. The summed E-state index contributed by atoms with van der Waals surface area (Å²) in [6, 6.07) is 11.6. The van der Waals surface area contributed by atoms with Gasteiger partial charge in [0.15, 0.2) is 5.76 Å². The van der Waals surface area contributed by atoms with E-state index in [9.17, 15) is 22.4 Å². The van der Waals surface area contributed by atoms with Crippen molar-refractivity contribution in [3.8, 4) is 0 Å². The van der Waals surface area contributed by atoms with Gasteiger partial charge in [-0.05, 0) is 35.9 Å². The molecule has 0 atom stereocenters. The van der Waals surface area contributed by atoms with Crippen LogP contribution in [0, 0.1) is 0 Å². The van der Waals surface area contributed by atoms with Crippen molar-refractivity contribution in [2.75, 3.05) is 5.32 Å². The quantitative estimate of drug-likeness (QED) is 0.335. The second kappa shape index (κ2) is 9.49. The molecule has 1 aromatic carbocycles. The molecule has 172 valence electrons. The molecule has 1 N–H and O–H groups in total. The molecule has 4 rings (SSSR count). The largest absolute Gasteiger partial charge is 0.454 e. The van der Waals surface area contributed by atoms with Gasteiger partial charge < -0.3 is 9.73 Å². The number of rotatable bonds is 8. The third-order valence-corrected chi connectivity index (χ3v) is 5.04. The van der Waals surface area contributed by atoms with Crippen molar-refractivity contribution in [2.24, 2.45) is 0 Å². The average molecular weight is 482 g/mol. The highest BCUT2D eigenvalue weighted by Crippen LogP contribution is 2.35. The molecule has 0 radical (unpaired) electrons. The molecule has 3 heterocycles. The first kappa shape index (κ1) is 22.6. The van der Waals surface area contributed by atoms with Gasteiger partial charge in [-0.2, -0.15) is 10.2 Å². The number of anilines is 1. The first-order valence-corrected chi connectivity index (χ1v) is 9.98. The third-order valence-electron chi connectivity index (χ3n) is 4.65. The summed E-state index contributed by atoms with van der Waals surface area (Å²) in [4.78, 5) is 12.5. The number of hydrogen-bond donors (Lipinski definition) is 1. The fraction of sp³-hybridized carbons (Fsp3) is 0.190. The number of aromatic nitrogens is 4. The van der Waals surface area contributed by atoms with E-state index in [2.05, 4.69) is 15.5 Å². The summed E-state index contributed by atoms with van der Waals surface area (Å²) in [5.74, 6) is -0.596. The molecule has 7 nitrogen and oxygen atoms in total. The minimum atomic E-state index is -3.12. The van der Waals surface area contributed by atoms with E-state index in [0.717, 1.165) is 5.56 Å². The molecular weight excluding hydrogens is 466 g/mol. The van der Waals surface area contributed by atoms with Gasteiger partial charge >= 0.3 is 0 Å². The van der Waals surface area contributed by atoms with Crippen molar-refractivity contribution in [3.05, 3.63) is 88.4 Å². The van der Waals surface area contributed by atoms with E-state index in [1.54, 1.807) is 35.1 Å². The molecule has 0 fully saturated rings. The number of hydrogen-bond acceptors (Lipinski definition) is 4. The molecule has 0 aliphatic rings. The molecule has 0 saturated heterocycles. The average Bonchev–Trinajstić information content (AvgIpc) is 3.49. The van der Waals surface area contributed by atoms with E-state index < -0.39 is 41.7 Å². The zero-order chi connectivity index (χ0) is 23.5. The van der Waals surface area contributed by atoms with Crippen LogP contribution in [0.15, 0.2) is 59.3 Å². The van der Waals surface area contributed by atoms with Crippen LogP contribution in [-0.4, -0.2) is 25.5 Å². The number of furan rings is 1. The minimum Gasteiger partial charge on any atom is -0.454 e. The Morgan fingerprint density at radius 1 is 1.09 bits per heavy atom. The predicted octanol–water partition coefficient (Wildman–Crippen LogP) is 5.55. The van der Waals surface area contributed by atoms with Gasteiger partial charge in [-0.25, -0.2) is 17.6 Å². The van der Waals surface area contributed by atoms with Crippen molar-refractivity contribution < 1.29 is 26.8 Å². The molecule has 0 spiro atoms. The number of nitrogens with zero attached hydrogens (tertiary/aromatic N) is 4. The van der Waals surface area contributed by atoms with Crippen molar-refractivity contribution in [1.29, 1.82) is 0 Å². The molecular formula is C21H16ClF4N5O2. The van der Waals surface area contributed by atoms with E-state index in [-0.39, 0.29) is 11.5 Å². The van der Waals surface area contributed by atoms with Gasteiger partial charge in [-0.1, -0.05) is 23.7 Å². The lowest BCUT2D eigenvalue weighted by Crippen LogP contribution is -2.11. The first-order chi connectivity index (χ1) is 15.8. The fourth-order valence-electron chi connectivity index (χ4n) is 3.19. The second-order valence-electron chi connectivity index (χ2n) is 6.97. The van der Waals surface area contributed by atoms with E-state index in [0.29, 0.717) is 16.9 Å². The molecule has 0 unspecified atom stereocenters. The highest BCUT2D eigenvalue weighted by atomic mass is 35.5. The lowest BCUT2D eigenvalue weighted by Gasteiger charge is -2.07. The maximum absolute atomic E-state index is 13.3. The maximum atomic E-state index is 13.3. The van der Waals surface area contributed by atoms with Crippen LogP contribution in [0.25, 0.3) is 0 Å². The van der Waals surface area contributed by atoms with Crippen molar-refractivity contribution >= 4 is 23.2 Å². The van der Waals surface area contributed by atoms with Gasteiger partial charge in [0.05, 0.1) is 18.1 Å². The topological polar surface area (TPSA) is 77.9 Å². The Hall–Kier alpha value is -3.60. The number of benzene rings is 1. The molecule has 4 aromatic rings. The number of alkyl halides is 4. The summed E-state index contributed by atoms with van der Waals surface area (Å²) >= 11 is 5.65. The highest BCUT2D eigenvalue weighted by Gasteiger charge is 2.28. The second-order valence-corrected chi connectivity index (χ2v) is 7.35. The Kier molecular flexibility index (Phi) is 6.50. The monoisotopic (exact) mass is 481 g/mol. The first-order valence-electron chi connectivity index (χ1n) is 9.60. The van der Waals surface area contributed by atoms with Crippen molar-refractivity contribution in [2.45, 2.75) is 25.9 Å². The molecule has 1 amide bonds. The van der Waals surface area contributed by atoms with Crippen LogP contribution in [0.5, 0.6) is 0 Å². The Morgan fingerprint density at radius 3 is 2.61 bits per heavy atom. The van der Waals surface area contributed by atoms with Crippen LogP contribution in [0.1, 0.15) is 46.1 Å². The molecule has 0 bridgehead atoms. The summed E-state index contributed by atoms with van der Waals surface area (Å²) in [6.45, 7) is 0.111. The number of nitrogens with one attached hydrogen (secondary N) is 1. The summed E-state index contributed by atoms with van der Waals surface area (Å²) in [7, 11) is 0. The number of carbonyl (C=O) groups excluding carboxylic acids is 1. The van der Waals surface area contributed by atoms with E-state index in [1.807, 2.05) is 12.3 Å². The SMILES string of the molecule is O=C(Nc1cccc(Cn2cccn2)c1)c1ccc(Cn2nc(C(F)F)c(Cl)c2C(F)F)o1. The van der Waals surface area contributed by atoms with Crippen LogP contribution in [0.4, 0.5) is 23.2 Å². The lowest BCUT2D eigenvalue weighted by atomic mass is 10.2. The van der Waals surface area contributed by atoms with E-state index in [1.165, 1.54) is 12.1 Å². The van der Waals surface area contributed by atoms with Gasteiger partial charge in [0.2, 0.25) is 0 Å². The zero-order valence-corrected chi connectivity index (χ0v) is 17.5. The summed E-state index contributed by atoms with van der Waals surface area (Å²) in [5, 5.41) is 9.50. The molecule has 0 saturated carbocycles. The highest BCUT2D eigenvalue weighted by molar-refractivity contribution is 6.32. The van der Waals surface area contributed by atoms with Gasteiger partial charge in [-0.15, -0.1) is 0 Å². The summed E-state index contributed by atoms with van der Waals surface area (Å²) in [6.07, 6.45) is -2.76. The van der Waals surface area contributed by atoms with Crippen molar-refractivity contribution in [3.63, 3.8) is 0 Å². The molecule has 33 heavy (non-hydrogen) atoms. The molecule has 0 aliphatic carbocycles. The van der Waals surface area contributed by atoms with Crippen LogP contribution in [-0.2, 0) is 13.1 Å². The number of halogens is 5. The summed E-state index contributed by atoms with van der Waals surface area (Å²) < 4.78 is 60.4. The summed E-state index contributed by atoms with van der Waals surface area (Å²) in [5.41, 5.74) is -0.362. The van der Waals surface area contributed by atoms with Crippen molar-refractivity contribution in [1.82, 2.24) is 19.6 Å². The molecule has 0 aliphatic heterocycles. The lowest BCUT2D eigenvalue weighted by molar-refractivity contribution is 0.0994. The number of carbonyl (C=O) groups is 1. The smallest absolute Gasteiger partial charge is 0.291 e. The Morgan fingerprint density at radius 2 is 1.91 bits per heavy atom. The maximum Gasteiger partial charge on any atom is 0.291 e. The van der Waals surface area contributed by atoms with Gasteiger partial charge in [0.1, 0.15) is 17.1 Å².